The zero-order chi connectivity index (χ0) is 35.1. The van der Waals surface area contributed by atoms with Crippen LogP contribution in [0, 0.1) is 0 Å². The van der Waals surface area contributed by atoms with Gasteiger partial charge < -0.3 is 66.3 Å². The first-order valence-corrected chi connectivity index (χ1v) is 17.9. The summed E-state index contributed by atoms with van der Waals surface area (Å²) in [6.07, 6.45) is 0. The van der Waals surface area contributed by atoms with Crippen LogP contribution in [0.1, 0.15) is 20.8 Å². The zero-order valence-corrected chi connectivity index (χ0v) is 31.2. The number of carbonyl (C=O) groups is 1. The van der Waals surface area contributed by atoms with Gasteiger partial charge in [0.05, 0.1) is 165 Å². The molecule has 0 atom stereocenters. The van der Waals surface area contributed by atoms with Crippen LogP contribution in [0.25, 0.3) is 0 Å². The normalized spacial score (nSPS) is 11.8. The van der Waals surface area contributed by atoms with Crippen molar-refractivity contribution in [3.05, 3.63) is 0 Å². The Labute approximate surface area is 296 Å². The van der Waals surface area contributed by atoms with E-state index in [1.165, 1.54) is 0 Å². The van der Waals surface area contributed by atoms with Crippen molar-refractivity contribution in [2.75, 3.05) is 177 Å². The maximum atomic E-state index is 11.5. The number of esters is 1. The summed E-state index contributed by atoms with van der Waals surface area (Å²) in [7, 11) is 0. The van der Waals surface area contributed by atoms with Crippen molar-refractivity contribution >= 4 is 21.9 Å². The molecule has 288 valence electrons. The van der Waals surface area contributed by atoms with E-state index in [2.05, 4.69) is 15.9 Å². The SMILES string of the molecule is CC(C)(C)OC(=O)COCCOCCOCCOCCOCCOCCOCCOCCOCCOCCOCCOCCOCCBr. The maximum absolute atomic E-state index is 11.5. The third kappa shape index (κ3) is 43.5. The highest BCUT2D eigenvalue weighted by molar-refractivity contribution is 9.09. The fourth-order valence-corrected chi connectivity index (χ4v) is 3.45. The van der Waals surface area contributed by atoms with Gasteiger partial charge in [-0.2, -0.15) is 0 Å². The van der Waals surface area contributed by atoms with Gasteiger partial charge >= 0.3 is 5.97 Å². The van der Waals surface area contributed by atoms with Crippen LogP contribution in [0.3, 0.4) is 0 Å². The lowest BCUT2D eigenvalue weighted by atomic mass is 10.2. The Morgan fingerprint density at radius 1 is 0.354 bits per heavy atom. The molecule has 0 aliphatic rings. The molecule has 0 N–H and O–H groups in total. The van der Waals surface area contributed by atoms with E-state index in [0.29, 0.717) is 165 Å². The highest BCUT2D eigenvalue weighted by Gasteiger charge is 2.15. The predicted octanol–water partition coefficient (Wildman–Crippen LogP) is 1.94. The van der Waals surface area contributed by atoms with Gasteiger partial charge in [0.15, 0.2) is 0 Å². The second-order valence-electron chi connectivity index (χ2n) is 10.7. The fraction of sp³-hybridized carbons (Fsp3) is 0.969. The monoisotopic (exact) mass is 766 g/mol. The first-order chi connectivity index (χ1) is 23.5. The van der Waals surface area contributed by atoms with Crippen LogP contribution in [-0.4, -0.2) is 189 Å². The summed E-state index contributed by atoms with van der Waals surface area (Å²) >= 11 is 3.30. The molecule has 0 aromatic carbocycles. The summed E-state index contributed by atoms with van der Waals surface area (Å²) in [6.45, 7) is 17.9. The summed E-state index contributed by atoms with van der Waals surface area (Å²) in [4.78, 5) is 11.5. The molecule has 0 heterocycles. The highest BCUT2D eigenvalue weighted by atomic mass is 79.9. The third-order valence-corrected chi connectivity index (χ3v) is 5.65. The summed E-state index contributed by atoms with van der Waals surface area (Å²) in [5.41, 5.74) is -0.512. The largest absolute Gasteiger partial charge is 0.458 e. The average Bonchev–Trinajstić information content (AvgIpc) is 3.05. The molecule has 0 spiro atoms. The molecule has 0 aliphatic carbocycles. The van der Waals surface area contributed by atoms with E-state index in [1.54, 1.807) is 0 Å². The molecule has 0 saturated carbocycles. The van der Waals surface area contributed by atoms with Gasteiger partial charge in [0.25, 0.3) is 0 Å². The van der Waals surface area contributed by atoms with Gasteiger partial charge in [0.1, 0.15) is 12.2 Å². The van der Waals surface area contributed by atoms with Crippen molar-refractivity contribution in [3.8, 4) is 0 Å². The van der Waals surface area contributed by atoms with Crippen LogP contribution in [0.5, 0.6) is 0 Å². The molecule has 0 aromatic rings. The molecule has 15 nitrogen and oxygen atoms in total. The van der Waals surface area contributed by atoms with Crippen LogP contribution >= 0.6 is 15.9 Å². The molecule has 16 heteroatoms. The lowest BCUT2D eigenvalue weighted by Crippen LogP contribution is -2.27. The number of halogens is 1. The lowest BCUT2D eigenvalue weighted by Gasteiger charge is -2.19. The van der Waals surface area contributed by atoms with Gasteiger partial charge in [-0.25, -0.2) is 4.79 Å². The van der Waals surface area contributed by atoms with Crippen molar-refractivity contribution in [2.24, 2.45) is 0 Å². The molecule has 0 aromatic heterocycles. The van der Waals surface area contributed by atoms with Gasteiger partial charge in [-0.1, -0.05) is 15.9 Å². The summed E-state index contributed by atoms with van der Waals surface area (Å²) in [5, 5.41) is 0.833. The van der Waals surface area contributed by atoms with Gasteiger partial charge in [-0.3, -0.25) is 0 Å². The Kier molecular flexibility index (Phi) is 38.8. The summed E-state index contributed by atoms with van der Waals surface area (Å²) in [5.74, 6) is -0.387. The minimum Gasteiger partial charge on any atom is -0.458 e. The number of hydrogen-bond acceptors (Lipinski definition) is 15. The molecule has 48 heavy (non-hydrogen) atoms. The van der Waals surface area contributed by atoms with Crippen molar-refractivity contribution in [1.29, 1.82) is 0 Å². The van der Waals surface area contributed by atoms with Crippen molar-refractivity contribution in [1.82, 2.24) is 0 Å². The van der Waals surface area contributed by atoms with E-state index in [4.69, 9.17) is 66.3 Å². The molecule has 0 bridgehead atoms. The van der Waals surface area contributed by atoms with Crippen LogP contribution in [0.2, 0.25) is 0 Å². The Morgan fingerprint density at radius 2 is 0.542 bits per heavy atom. The van der Waals surface area contributed by atoms with Crippen LogP contribution in [-0.2, 0) is 71.1 Å². The van der Waals surface area contributed by atoms with Gasteiger partial charge in [-0.15, -0.1) is 0 Å². The summed E-state index contributed by atoms with van der Waals surface area (Å²) in [6, 6.07) is 0. The fourth-order valence-electron chi connectivity index (χ4n) is 3.22. The molecular formula is C32H63BrO15. The second kappa shape index (κ2) is 39.2. The van der Waals surface area contributed by atoms with E-state index < -0.39 is 5.60 Å². The molecule has 0 aliphatic heterocycles. The Bertz CT molecular complexity index is 643. The standard InChI is InChI=1S/C32H63BrO15/c1-32(2,3)48-31(34)30-47-29-28-46-27-26-45-25-24-44-23-22-43-21-20-42-19-18-41-17-16-40-15-14-39-13-12-38-11-10-37-9-8-36-7-6-35-5-4-33/h4-30H2,1-3H3. The van der Waals surface area contributed by atoms with Crippen LogP contribution in [0.4, 0.5) is 0 Å². The molecule has 0 rings (SSSR count). The molecular weight excluding hydrogens is 704 g/mol. The number of hydrogen-bond donors (Lipinski definition) is 0. The first-order valence-electron chi connectivity index (χ1n) is 16.7. The Morgan fingerprint density at radius 3 is 0.729 bits per heavy atom. The lowest BCUT2D eigenvalue weighted by molar-refractivity contribution is -0.160. The minimum atomic E-state index is -0.512. The molecule has 0 saturated heterocycles. The number of rotatable bonds is 40. The van der Waals surface area contributed by atoms with Gasteiger partial charge in [0.2, 0.25) is 0 Å². The quantitative estimate of drug-likeness (QED) is 0.0508. The predicted molar refractivity (Wildman–Crippen MR) is 180 cm³/mol. The number of alkyl halides is 1. The molecule has 0 unspecified atom stereocenters. The van der Waals surface area contributed by atoms with Crippen LogP contribution in [0.15, 0.2) is 0 Å². The minimum absolute atomic E-state index is 0.0841. The van der Waals surface area contributed by atoms with Crippen molar-refractivity contribution in [2.45, 2.75) is 26.4 Å². The topological polar surface area (TPSA) is 146 Å². The van der Waals surface area contributed by atoms with Gasteiger partial charge in [-0.05, 0) is 20.8 Å². The number of ether oxygens (including phenoxy) is 14. The Hall–Kier alpha value is -0.570. The van der Waals surface area contributed by atoms with E-state index in [1.807, 2.05) is 20.8 Å². The smallest absolute Gasteiger partial charge is 0.332 e. The van der Waals surface area contributed by atoms with Crippen molar-refractivity contribution in [3.63, 3.8) is 0 Å². The highest BCUT2D eigenvalue weighted by Crippen LogP contribution is 2.06. The molecule has 0 radical (unpaired) electrons. The molecule has 0 fully saturated rings. The van der Waals surface area contributed by atoms with Crippen molar-refractivity contribution < 1.29 is 71.1 Å². The second-order valence-corrected chi connectivity index (χ2v) is 11.5. The Balaban J connectivity index is 3.09. The maximum Gasteiger partial charge on any atom is 0.332 e. The third-order valence-electron chi connectivity index (χ3n) is 5.33. The zero-order valence-electron chi connectivity index (χ0n) is 29.6. The molecule has 0 amide bonds. The first kappa shape index (κ1) is 47.4. The van der Waals surface area contributed by atoms with E-state index in [9.17, 15) is 4.79 Å². The summed E-state index contributed by atoms with van der Waals surface area (Å²) < 4.78 is 75.6. The van der Waals surface area contributed by atoms with Crippen LogP contribution < -0.4 is 0 Å². The van der Waals surface area contributed by atoms with Gasteiger partial charge in [0, 0.05) is 5.33 Å². The average molecular weight is 768 g/mol. The number of carbonyl (C=O) groups excluding carboxylic acids is 1. The van der Waals surface area contributed by atoms with E-state index in [-0.39, 0.29) is 12.6 Å². The van der Waals surface area contributed by atoms with E-state index >= 15 is 0 Å². The van der Waals surface area contributed by atoms with E-state index in [0.717, 1.165) is 5.33 Å².